The maximum absolute atomic E-state index is 12.2. The summed E-state index contributed by atoms with van der Waals surface area (Å²) in [5.41, 5.74) is 2.52. The summed E-state index contributed by atoms with van der Waals surface area (Å²) in [6.45, 7) is 2.15. The number of aromatic nitrogens is 3. The molecule has 3 rings (SSSR count). The quantitative estimate of drug-likeness (QED) is 0.584. The Kier molecular flexibility index (Phi) is 7.43. The van der Waals surface area contributed by atoms with Gasteiger partial charge >= 0.3 is 6.36 Å². The van der Waals surface area contributed by atoms with E-state index in [4.69, 9.17) is 21.5 Å². The van der Waals surface area contributed by atoms with E-state index in [1.165, 1.54) is 35.3 Å². The van der Waals surface area contributed by atoms with Crippen LogP contribution in [0.5, 0.6) is 5.75 Å². The van der Waals surface area contributed by atoms with Gasteiger partial charge in [0.2, 0.25) is 5.95 Å². The second kappa shape index (κ2) is 9.78. The maximum atomic E-state index is 12.2. The van der Waals surface area contributed by atoms with Gasteiger partial charge in [-0.2, -0.15) is 0 Å². The molecule has 3 aromatic rings. The Morgan fingerprint density at radius 3 is 2.48 bits per heavy atom. The van der Waals surface area contributed by atoms with E-state index in [1.54, 1.807) is 0 Å². The number of halogens is 4. The SMILES string of the molecule is Cc1ccc(CNc2ncn(-c3ccc(OC(F)(F)F)cc3)n2)c(Cl)c1.O=CO. The van der Waals surface area contributed by atoms with Gasteiger partial charge in [-0.1, -0.05) is 23.7 Å². The second-order valence-corrected chi connectivity index (χ2v) is 6.02. The number of alkyl halides is 3. The third kappa shape index (κ3) is 7.00. The van der Waals surface area contributed by atoms with Gasteiger partial charge in [-0.05, 0) is 48.4 Å². The van der Waals surface area contributed by atoms with Crippen molar-refractivity contribution in [3.8, 4) is 11.4 Å². The van der Waals surface area contributed by atoms with Gasteiger partial charge in [-0.25, -0.2) is 9.67 Å². The molecule has 11 heteroatoms. The van der Waals surface area contributed by atoms with E-state index in [2.05, 4.69) is 20.1 Å². The molecule has 0 aliphatic rings. The van der Waals surface area contributed by atoms with Gasteiger partial charge in [-0.15, -0.1) is 18.3 Å². The highest BCUT2D eigenvalue weighted by atomic mass is 35.5. The molecule has 0 spiro atoms. The van der Waals surface area contributed by atoms with Gasteiger partial charge in [0.25, 0.3) is 6.47 Å². The smallest absolute Gasteiger partial charge is 0.483 e. The lowest BCUT2D eigenvalue weighted by atomic mass is 10.1. The Balaban J connectivity index is 0.000000941. The van der Waals surface area contributed by atoms with Crippen LogP contribution in [0.2, 0.25) is 5.02 Å². The zero-order valence-corrected chi connectivity index (χ0v) is 15.8. The van der Waals surface area contributed by atoms with Crippen molar-refractivity contribution in [2.45, 2.75) is 19.8 Å². The molecule has 0 bridgehead atoms. The second-order valence-electron chi connectivity index (χ2n) is 5.61. The van der Waals surface area contributed by atoms with E-state index in [9.17, 15) is 13.2 Å². The third-order valence-electron chi connectivity index (χ3n) is 3.47. The number of aryl methyl sites for hydroxylation is 1. The summed E-state index contributed by atoms with van der Waals surface area (Å²) in [5.74, 6) is 0.0750. The Labute approximate surface area is 168 Å². The molecule has 0 atom stereocenters. The highest BCUT2D eigenvalue weighted by molar-refractivity contribution is 6.31. The molecule has 0 saturated carbocycles. The van der Waals surface area contributed by atoms with Gasteiger partial charge in [0.1, 0.15) is 12.1 Å². The van der Waals surface area contributed by atoms with Crippen molar-refractivity contribution in [2.24, 2.45) is 0 Å². The highest BCUT2D eigenvalue weighted by Crippen LogP contribution is 2.23. The predicted octanol–water partition coefficient (Wildman–Crippen LogP) is 4.44. The fraction of sp³-hybridized carbons (Fsp3) is 0.167. The molecule has 0 radical (unpaired) electrons. The number of carbonyl (C=O) groups is 1. The Bertz CT molecular complexity index is 946. The van der Waals surface area contributed by atoms with Crippen molar-refractivity contribution >= 4 is 24.0 Å². The van der Waals surface area contributed by atoms with E-state index in [-0.39, 0.29) is 12.2 Å². The summed E-state index contributed by atoms with van der Waals surface area (Å²) < 4.78 is 41.8. The lowest BCUT2D eigenvalue weighted by Crippen LogP contribution is -2.17. The molecule has 0 unspecified atom stereocenters. The fourth-order valence-corrected chi connectivity index (χ4v) is 2.54. The van der Waals surface area contributed by atoms with Crippen molar-refractivity contribution in [3.63, 3.8) is 0 Å². The first kappa shape index (κ1) is 22.0. The number of nitrogens with one attached hydrogen (secondary N) is 1. The van der Waals surface area contributed by atoms with E-state index in [1.807, 2.05) is 25.1 Å². The largest absolute Gasteiger partial charge is 0.573 e. The molecule has 0 saturated heterocycles. The van der Waals surface area contributed by atoms with Crippen molar-refractivity contribution in [2.75, 3.05) is 5.32 Å². The molecular formula is C18H16ClF3N4O3. The summed E-state index contributed by atoms with van der Waals surface area (Å²) >= 11 is 6.18. The lowest BCUT2D eigenvalue weighted by molar-refractivity contribution is -0.274. The number of benzene rings is 2. The standard InChI is InChI=1S/C17H14ClF3N4O.CH2O2/c1-11-2-3-12(15(18)8-11)9-22-16-23-10-25(24-16)13-4-6-14(7-5-13)26-17(19,20)21;2-1-3/h2-8,10H,9H2,1H3,(H,22,24);1H,(H,2,3). The molecule has 0 amide bonds. The minimum absolute atomic E-state index is 0.250. The fourth-order valence-electron chi connectivity index (χ4n) is 2.24. The van der Waals surface area contributed by atoms with E-state index < -0.39 is 6.36 Å². The van der Waals surface area contributed by atoms with Gasteiger partial charge in [-0.3, -0.25) is 4.79 Å². The predicted molar refractivity (Wildman–Crippen MR) is 100 cm³/mol. The molecule has 7 nitrogen and oxygen atoms in total. The number of rotatable bonds is 5. The zero-order chi connectivity index (χ0) is 21.4. The van der Waals surface area contributed by atoms with Crippen LogP contribution in [0.15, 0.2) is 48.8 Å². The van der Waals surface area contributed by atoms with Crippen LogP contribution < -0.4 is 10.1 Å². The number of hydrogen-bond acceptors (Lipinski definition) is 5. The molecule has 29 heavy (non-hydrogen) atoms. The summed E-state index contributed by atoms with van der Waals surface area (Å²) in [5, 5.41) is 14.8. The van der Waals surface area contributed by atoms with Crippen molar-refractivity contribution in [3.05, 3.63) is 64.9 Å². The molecule has 0 fully saturated rings. The van der Waals surface area contributed by atoms with Crippen LogP contribution in [0, 0.1) is 6.92 Å². The number of anilines is 1. The van der Waals surface area contributed by atoms with E-state index >= 15 is 0 Å². The molecule has 0 aliphatic carbocycles. The summed E-state index contributed by atoms with van der Waals surface area (Å²) in [6.07, 6.45) is -3.26. The first-order valence-corrected chi connectivity index (χ1v) is 8.44. The first-order chi connectivity index (χ1) is 13.7. The Morgan fingerprint density at radius 2 is 1.90 bits per heavy atom. The minimum atomic E-state index is -4.72. The highest BCUT2D eigenvalue weighted by Gasteiger charge is 2.30. The molecular weight excluding hydrogens is 413 g/mol. The van der Waals surface area contributed by atoms with Crippen LogP contribution in [-0.4, -0.2) is 32.7 Å². The zero-order valence-electron chi connectivity index (χ0n) is 15.0. The van der Waals surface area contributed by atoms with Crippen LogP contribution in [0.3, 0.4) is 0 Å². The molecule has 154 valence electrons. The van der Waals surface area contributed by atoms with Crippen molar-refractivity contribution in [1.82, 2.24) is 14.8 Å². The number of carboxylic acid groups (broad SMARTS) is 1. The van der Waals surface area contributed by atoms with E-state index in [0.717, 1.165) is 11.1 Å². The molecule has 0 aliphatic heterocycles. The average Bonchev–Trinajstić information content (AvgIpc) is 3.10. The Morgan fingerprint density at radius 1 is 1.24 bits per heavy atom. The minimum Gasteiger partial charge on any atom is -0.483 e. The summed E-state index contributed by atoms with van der Waals surface area (Å²) in [4.78, 5) is 12.5. The number of nitrogens with zero attached hydrogens (tertiary/aromatic N) is 3. The van der Waals surface area contributed by atoms with Gasteiger partial charge in [0, 0.05) is 11.6 Å². The van der Waals surface area contributed by atoms with Crippen LogP contribution in [0.25, 0.3) is 5.69 Å². The number of ether oxygens (including phenoxy) is 1. The molecule has 1 aromatic heterocycles. The van der Waals surface area contributed by atoms with Crippen LogP contribution >= 0.6 is 11.6 Å². The summed E-state index contributed by atoms with van der Waals surface area (Å²) in [7, 11) is 0. The monoisotopic (exact) mass is 428 g/mol. The Hall–Kier alpha value is -3.27. The average molecular weight is 429 g/mol. The van der Waals surface area contributed by atoms with Crippen LogP contribution in [0.4, 0.5) is 19.1 Å². The van der Waals surface area contributed by atoms with Gasteiger partial charge in [0.05, 0.1) is 5.69 Å². The molecule has 1 heterocycles. The van der Waals surface area contributed by atoms with Gasteiger partial charge < -0.3 is 15.2 Å². The molecule has 2 N–H and O–H groups in total. The first-order valence-electron chi connectivity index (χ1n) is 8.06. The van der Waals surface area contributed by atoms with Gasteiger partial charge in [0.15, 0.2) is 0 Å². The van der Waals surface area contributed by atoms with Crippen molar-refractivity contribution < 1.29 is 27.8 Å². The topological polar surface area (TPSA) is 89.3 Å². The van der Waals surface area contributed by atoms with Crippen LogP contribution in [0.1, 0.15) is 11.1 Å². The van der Waals surface area contributed by atoms with Crippen LogP contribution in [-0.2, 0) is 11.3 Å². The van der Waals surface area contributed by atoms with Crippen molar-refractivity contribution in [1.29, 1.82) is 0 Å². The van der Waals surface area contributed by atoms with E-state index in [0.29, 0.717) is 23.2 Å². The molecule has 2 aromatic carbocycles. The summed E-state index contributed by atoms with van der Waals surface area (Å²) in [6, 6.07) is 11.1. The normalized spacial score (nSPS) is 10.7. The third-order valence-corrected chi connectivity index (χ3v) is 3.82. The number of hydrogen-bond donors (Lipinski definition) is 2. The lowest BCUT2D eigenvalue weighted by Gasteiger charge is -2.09. The maximum Gasteiger partial charge on any atom is 0.573 e.